The Bertz CT molecular complexity index is 845. The van der Waals surface area contributed by atoms with Crippen LogP contribution in [-0.4, -0.2) is 40.8 Å². The van der Waals surface area contributed by atoms with Gasteiger partial charge in [-0.25, -0.2) is 9.50 Å². The van der Waals surface area contributed by atoms with Crippen LogP contribution in [0.1, 0.15) is 21.5 Å². The maximum Gasteiger partial charge on any atom is 0.256 e. The minimum absolute atomic E-state index is 0.199. The summed E-state index contributed by atoms with van der Waals surface area (Å²) in [6, 6.07) is 8.15. The molecule has 3 aromatic rings. The molecule has 0 saturated carbocycles. The number of hydrogen-bond acceptors (Lipinski definition) is 4. The number of fused-ring (bicyclic) bond motifs is 1. The number of carbonyl (C=O) groups is 1. The summed E-state index contributed by atoms with van der Waals surface area (Å²) in [7, 11) is 1.59. The number of halogens is 1. The average Bonchev–Trinajstić information content (AvgIpc) is 3.00. The van der Waals surface area contributed by atoms with E-state index in [-0.39, 0.29) is 5.91 Å². The Morgan fingerprint density at radius 2 is 2.04 bits per heavy atom. The second-order valence-corrected chi connectivity index (χ2v) is 6.26. The summed E-state index contributed by atoms with van der Waals surface area (Å²) < 4.78 is 7.61. The topological polar surface area (TPSA) is 68.5 Å². The molecule has 0 unspecified atom stereocenters. The molecule has 0 aliphatic carbocycles. The van der Waals surface area contributed by atoms with Crippen LogP contribution in [0.2, 0.25) is 0 Å². The summed E-state index contributed by atoms with van der Waals surface area (Å²) in [5.41, 5.74) is 3.22. The summed E-state index contributed by atoms with van der Waals surface area (Å²) in [6.45, 7) is 0.921. The smallest absolute Gasteiger partial charge is 0.256 e. The number of rotatable bonds is 6. The number of methoxy groups -OCH3 is 1. The molecule has 1 N–H and O–H groups in total. The van der Waals surface area contributed by atoms with Crippen LogP contribution in [0.15, 0.2) is 47.3 Å². The Balaban J connectivity index is 1.77. The lowest BCUT2D eigenvalue weighted by Gasteiger charge is -2.04. The Morgan fingerprint density at radius 1 is 1.25 bits per heavy atom. The SMILES string of the molecule is COCCNC(=O)c1cnn2cc(Cc3ccc(Br)cc3)cnc12. The number of amides is 1. The van der Waals surface area contributed by atoms with E-state index in [4.69, 9.17) is 4.74 Å². The highest BCUT2D eigenvalue weighted by Gasteiger charge is 2.13. The zero-order valence-electron chi connectivity index (χ0n) is 13.2. The first-order valence-corrected chi connectivity index (χ1v) is 8.30. The quantitative estimate of drug-likeness (QED) is 0.658. The third kappa shape index (κ3) is 3.80. The van der Waals surface area contributed by atoms with Crippen LogP contribution in [0.5, 0.6) is 0 Å². The lowest BCUT2D eigenvalue weighted by atomic mass is 10.1. The molecule has 0 aliphatic heterocycles. The van der Waals surface area contributed by atoms with Crippen LogP contribution in [0.3, 0.4) is 0 Å². The van der Waals surface area contributed by atoms with Crippen molar-refractivity contribution in [2.24, 2.45) is 0 Å². The fourth-order valence-corrected chi connectivity index (χ4v) is 2.63. The number of benzene rings is 1. The third-order valence-electron chi connectivity index (χ3n) is 3.57. The van der Waals surface area contributed by atoms with Gasteiger partial charge in [0.2, 0.25) is 0 Å². The predicted molar refractivity (Wildman–Crippen MR) is 94.1 cm³/mol. The zero-order chi connectivity index (χ0) is 16.9. The molecular formula is C17H17BrN4O2. The number of hydrogen-bond donors (Lipinski definition) is 1. The van der Waals surface area contributed by atoms with Crippen LogP contribution < -0.4 is 5.32 Å². The van der Waals surface area contributed by atoms with Crippen molar-refractivity contribution in [1.29, 1.82) is 0 Å². The Hall–Kier alpha value is -2.25. The van der Waals surface area contributed by atoms with Crippen molar-refractivity contribution in [3.63, 3.8) is 0 Å². The standard InChI is InChI=1S/C17H17BrN4O2/c1-24-7-6-19-17(23)15-10-21-22-11-13(9-20-16(15)22)8-12-2-4-14(18)5-3-12/h2-5,9-11H,6-8H2,1H3,(H,19,23). The van der Waals surface area contributed by atoms with Gasteiger partial charge >= 0.3 is 0 Å². The van der Waals surface area contributed by atoms with Crippen molar-refractivity contribution < 1.29 is 9.53 Å². The van der Waals surface area contributed by atoms with Crippen LogP contribution >= 0.6 is 15.9 Å². The monoisotopic (exact) mass is 388 g/mol. The fourth-order valence-electron chi connectivity index (χ4n) is 2.36. The van der Waals surface area contributed by atoms with E-state index in [1.54, 1.807) is 17.8 Å². The van der Waals surface area contributed by atoms with Gasteiger partial charge in [0.25, 0.3) is 5.91 Å². The summed E-state index contributed by atoms with van der Waals surface area (Å²) in [4.78, 5) is 16.5. The first-order chi connectivity index (χ1) is 11.7. The molecule has 0 spiro atoms. The largest absolute Gasteiger partial charge is 0.383 e. The van der Waals surface area contributed by atoms with Gasteiger partial charge in [-0.3, -0.25) is 4.79 Å². The van der Waals surface area contributed by atoms with Gasteiger partial charge in [-0.05, 0) is 23.3 Å². The molecule has 24 heavy (non-hydrogen) atoms. The summed E-state index contributed by atoms with van der Waals surface area (Å²) in [5, 5.41) is 7.02. The van der Waals surface area contributed by atoms with Crippen molar-refractivity contribution in [1.82, 2.24) is 19.9 Å². The van der Waals surface area contributed by atoms with Gasteiger partial charge in [0, 0.05) is 36.9 Å². The van der Waals surface area contributed by atoms with Gasteiger partial charge in [0.05, 0.1) is 12.8 Å². The number of carbonyl (C=O) groups excluding carboxylic acids is 1. The first kappa shape index (κ1) is 16.6. The number of ether oxygens (including phenoxy) is 1. The molecule has 0 radical (unpaired) electrons. The van der Waals surface area contributed by atoms with Crippen molar-refractivity contribution in [2.45, 2.75) is 6.42 Å². The molecule has 124 valence electrons. The molecule has 0 aliphatic rings. The van der Waals surface area contributed by atoms with Crippen molar-refractivity contribution in [2.75, 3.05) is 20.3 Å². The highest BCUT2D eigenvalue weighted by atomic mass is 79.9. The molecule has 2 aromatic heterocycles. The van der Waals surface area contributed by atoms with E-state index in [0.29, 0.717) is 24.4 Å². The van der Waals surface area contributed by atoms with Gasteiger partial charge in [0.15, 0.2) is 5.65 Å². The van der Waals surface area contributed by atoms with Crippen molar-refractivity contribution >= 4 is 27.5 Å². The molecule has 2 heterocycles. The molecule has 6 nitrogen and oxygen atoms in total. The van der Waals surface area contributed by atoms with E-state index in [9.17, 15) is 4.79 Å². The molecule has 0 fully saturated rings. The predicted octanol–water partition coefficient (Wildman–Crippen LogP) is 2.46. The third-order valence-corrected chi connectivity index (χ3v) is 4.10. The van der Waals surface area contributed by atoms with Crippen molar-refractivity contribution in [3.8, 4) is 0 Å². The van der Waals surface area contributed by atoms with E-state index in [2.05, 4.69) is 43.5 Å². The first-order valence-electron chi connectivity index (χ1n) is 7.51. The molecule has 0 bridgehead atoms. The number of aromatic nitrogens is 3. The molecule has 3 rings (SSSR count). The van der Waals surface area contributed by atoms with E-state index in [0.717, 1.165) is 16.5 Å². The summed E-state index contributed by atoms with van der Waals surface area (Å²) >= 11 is 3.43. The zero-order valence-corrected chi connectivity index (χ0v) is 14.8. The molecule has 0 saturated heterocycles. The minimum atomic E-state index is -0.199. The van der Waals surface area contributed by atoms with Gasteiger partial charge < -0.3 is 10.1 Å². The van der Waals surface area contributed by atoms with Crippen LogP contribution in [0, 0.1) is 0 Å². The Kier molecular flexibility index (Phi) is 5.22. The highest BCUT2D eigenvalue weighted by Crippen LogP contribution is 2.15. The maximum absolute atomic E-state index is 12.1. The fraction of sp³-hybridized carbons (Fsp3) is 0.235. The molecular weight excluding hydrogens is 372 g/mol. The van der Waals surface area contributed by atoms with E-state index < -0.39 is 0 Å². The van der Waals surface area contributed by atoms with Gasteiger partial charge in [-0.2, -0.15) is 5.10 Å². The van der Waals surface area contributed by atoms with E-state index in [1.807, 2.05) is 18.3 Å². The second-order valence-electron chi connectivity index (χ2n) is 5.34. The van der Waals surface area contributed by atoms with Crippen LogP contribution in [0.25, 0.3) is 5.65 Å². The van der Waals surface area contributed by atoms with Crippen LogP contribution in [0.4, 0.5) is 0 Å². The van der Waals surface area contributed by atoms with Gasteiger partial charge in [0.1, 0.15) is 5.56 Å². The number of nitrogens with zero attached hydrogens (tertiary/aromatic N) is 3. The Morgan fingerprint density at radius 3 is 2.79 bits per heavy atom. The van der Waals surface area contributed by atoms with Gasteiger partial charge in [-0.1, -0.05) is 28.1 Å². The molecule has 1 amide bonds. The lowest BCUT2D eigenvalue weighted by Crippen LogP contribution is -2.26. The summed E-state index contributed by atoms with van der Waals surface area (Å²) in [5.74, 6) is -0.199. The van der Waals surface area contributed by atoms with E-state index >= 15 is 0 Å². The normalized spacial score (nSPS) is 10.9. The molecule has 0 atom stereocenters. The lowest BCUT2D eigenvalue weighted by molar-refractivity contribution is 0.0938. The van der Waals surface area contributed by atoms with Crippen molar-refractivity contribution in [3.05, 3.63) is 64.0 Å². The second kappa shape index (κ2) is 7.55. The Labute approximate surface area is 148 Å². The highest BCUT2D eigenvalue weighted by molar-refractivity contribution is 9.10. The maximum atomic E-state index is 12.1. The number of nitrogens with one attached hydrogen (secondary N) is 1. The van der Waals surface area contributed by atoms with E-state index in [1.165, 1.54) is 11.8 Å². The summed E-state index contributed by atoms with van der Waals surface area (Å²) in [6.07, 6.45) is 5.97. The minimum Gasteiger partial charge on any atom is -0.383 e. The van der Waals surface area contributed by atoms with Crippen LogP contribution in [-0.2, 0) is 11.2 Å². The van der Waals surface area contributed by atoms with Gasteiger partial charge in [-0.15, -0.1) is 0 Å². The molecule has 7 heteroatoms. The average molecular weight is 389 g/mol. The molecule has 1 aromatic carbocycles.